The van der Waals surface area contributed by atoms with E-state index in [2.05, 4.69) is 39.1 Å². The number of allylic oxidation sites excluding steroid dienone is 3. The van der Waals surface area contributed by atoms with E-state index < -0.39 is 32.7 Å². The first-order chi connectivity index (χ1) is 20.8. The molecule has 3 saturated carbocycles. The molecule has 1 aromatic rings. The van der Waals surface area contributed by atoms with E-state index in [9.17, 15) is 24.8 Å². The molecular formula is C39H50N2O4. The number of fused-ring (bicyclic) bond motifs is 7. The van der Waals surface area contributed by atoms with Crippen molar-refractivity contribution in [1.29, 1.82) is 5.26 Å². The van der Waals surface area contributed by atoms with Crippen LogP contribution in [0.1, 0.15) is 105 Å². The molecule has 5 aliphatic rings. The second kappa shape index (κ2) is 9.74. The Labute approximate surface area is 268 Å². The van der Waals surface area contributed by atoms with Gasteiger partial charge in [0.25, 0.3) is 0 Å². The van der Waals surface area contributed by atoms with Gasteiger partial charge in [0.2, 0.25) is 5.91 Å². The number of ketones is 2. The Morgan fingerprint density at radius 2 is 1.64 bits per heavy atom. The molecule has 0 radical (unpaired) electrons. The minimum Gasteiger partial charge on any atom is -0.381 e. The zero-order valence-corrected chi connectivity index (χ0v) is 28.4. The van der Waals surface area contributed by atoms with E-state index in [4.69, 9.17) is 0 Å². The standard InChI is InChI=1S/C39H50N2O4/c1-24-11-9-10-12-25(24)23-41-32(44)35(5)16-15-34(4)17-18-38(8)37(7)14-13-27-33(2,3)31(43)26(22-40)20-36(27,6)28(37)19-30(42)39(38,45)29(34)21-35/h9-12,19-20,27,29,45H,13-18,21,23H2,1-8H3,(H,41,44)/t27-,29+,34+,35-,36-,37+,38-,39+/m0/s1. The molecule has 45 heavy (non-hydrogen) atoms. The molecule has 6 rings (SSSR count). The first-order valence-corrected chi connectivity index (χ1v) is 16.8. The van der Waals surface area contributed by atoms with Crippen molar-refractivity contribution in [2.75, 3.05) is 0 Å². The van der Waals surface area contributed by atoms with Gasteiger partial charge in [-0.05, 0) is 91.4 Å². The zero-order valence-electron chi connectivity index (χ0n) is 28.4. The van der Waals surface area contributed by atoms with Crippen molar-refractivity contribution < 1.29 is 19.5 Å². The number of nitriles is 1. The molecule has 0 spiro atoms. The van der Waals surface area contributed by atoms with Crippen LogP contribution in [0.5, 0.6) is 0 Å². The third kappa shape index (κ3) is 3.98. The maximum atomic E-state index is 14.7. The Balaban J connectivity index is 1.41. The average molecular weight is 611 g/mol. The van der Waals surface area contributed by atoms with Gasteiger partial charge in [0.15, 0.2) is 11.6 Å². The van der Waals surface area contributed by atoms with E-state index in [0.29, 0.717) is 25.8 Å². The SMILES string of the molecule is Cc1ccccc1CNC(=O)[C@@]1(C)CC[C@]2(C)CC[C@@]3(C)[C@]4(C)CC[C@H]5C(C)(C)C(=O)C(C#N)=C[C@]5(C)C4=CC(=O)[C@]3(O)[C@@H]2C1. The van der Waals surface area contributed by atoms with Crippen molar-refractivity contribution in [3.8, 4) is 6.07 Å². The van der Waals surface area contributed by atoms with Crippen molar-refractivity contribution in [2.24, 2.45) is 44.3 Å². The molecule has 6 nitrogen and oxygen atoms in total. The smallest absolute Gasteiger partial charge is 0.226 e. The highest BCUT2D eigenvalue weighted by molar-refractivity contribution is 6.05. The fraction of sp³-hybridized carbons (Fsp3) is 0.641. The summed E-state index contributed by atoms with van der Waals surface area (Å²) >= 11 is 0. The van der Waals surface area contributed by atoms with Gasteiger partial charge in [0.05, 0.1) is 5.57 Å². The van der Waals surface area contributed by atoms with Crippen LogP contribution in [0, 0.1) is 62.6 Å². The summed E-state index contributed by atoms with van der Waals surface area (Å²) in [5, 5.41) is 26.3. The number of Topliss-reactive ketones (excluding diaryl/α,β-unsaturated/α-hetero) is 1. The zero-order chi connectivity index (χ0) is 33.0. The van der Waals surface area contributed by atoms with Gasteiger partial charge in [-0.2, -0.15) is 5.26 Å². The average Bonchev–Trinajstić information content (AvgIpc) is 2.99. The second-order valence-electron chi connectivity index (χ2n) is 17.0. The van der Waals surface area contributed by atoms with Crippen LogP contribution in [0.2, 0.25) is 0 Å². The van der Waals surface area contributed by atoms with E-state index in [-0.39, 0.29) is 40.3 Å². The molecule has 0 aliphatic heterocycles. The Morgan fingerprint density at radius 3 is 2.31 bits per heavy atom. The van der Waals surface area contributed by atoms with Gasteiger partial charge in [-0.15, -0.1) is 0 Å². The molecular weight excluding hydrogens is 560 g/mol. The summed E-state index contributed by atoms with van der Waals surface area (Å²) in [6.07, 6.45) is 8.55. The fourth-order valence-electron chi connectivity index (χ4n) is 11.2. The lowest BCUT2D eigenvalue weighted by Crippen LogP contribution is -2.74. The van der Waals surface area contributed by atoms with Crippen molar-refractivity contribution >= 4 is 17.5 Å². The summed E-state index contributed by atoms with van der Waals surface area (Å²) in [5.41, 5.74) is -2.00. The van der Waals surface area contributed by atoms with Crippen LogP contribution >= 0.6 is 0 Å². The van der Waals surface area contributed by atoms with Crippen LogP contribution in [-0.2, 0) is 20.9 Å². The predicted molar refractivity (Wildman–Crippen MR) is 173 cm³/mol. The van der Waals surface area contributed by atoms with Gasteiger partial charge in [0.1, 0.15) is 11.7 Å². The highest BCUT2D eigenvalue weighted by atomic mass is 16.3. The van der Waals surface area contributed by atoms with Gasteiger partial charge in [0, 0.05) is 34.1 Å². The first kappa shape index (κ1) is 31.9. The molecule has 2 N–H and O–H groups in total. The molecule has 0 saturated heterocycles. The van der Waals surface area contributed by atoms with Crippen LogP contribution in [0.3, 0.4) is 0 Å². The molecule has 0 bridgehead atoms. The lowest BCUT2D eigenvalue weighted by molar-refractivity contribution is -0.242. The largest absolute Gasteiger partial charge is 0.381 e. The Morgan fingerprint density at radius 1 is 0.978 bits per heavy atom. The number of aliphatic hydroxyl groups is 1. The van der Waals surface area contributed by atoms with Crippen LogP contribution in [0.25, 0.3) is 0 Å². The number of rotatable bonds is 3. The summed E-state index contributed by atoms with van der Waals surface area (Å²) in [6.45, 7) is 17.0. The van der Waals surface area contributed by atoms with Crippen molar-refractivity contribution in [3.05, 3.63) is 58.7 Å². The number of aryl methyl sites for hydroxylation is 1. The molecule has 0 aromatic heterocycles. The van der Waals surface area contributed by atoms with E-state index in [1.165, 1.54) is 0 Å². The van der Waals surface area contributed by atoms with Crippen molar-refractivity contribution in [2.45, 2.75) is 112 Å². The number of carbonyl (C=O) groups excluding carboxylic acids is 3. The lowest BCUT2D eigenvalue weighted by atomic mass is 9.33. The minimum atomic E-state index is -1.64. The van der Waals surface area contributed by atoms with E-state index >= 15 is 0 Å². The molecule has 5 aliphatic carbocycles. The predicted octanol–water partition coefficient (Wildman–Crippen LogP) is 6.95. The minimum absolute atomic E-state index is 0.0225. The number of amides is 1. The lowest BCUT2D eigenvalue weighted by Gasteiger charge is -2.71. The van der Waals surface area contributed by atoms with Crippen LogP contribution in [0.4, 0.5) is 0 Å². The molecule has 6 heteroatoms. The van der Waals surface area contributed by atoms with Gasteiger partial charge in [-0.3, -0.25) is 14.4 Å². The molecule has 240 valence electrons. The molecule has 0 heterocycles. The molecule has 0 unspecified atom stereocenters. The van der Waals surface area contributed by atoms with Gasteiger partial charge in [-0.1, -0.05) is 78.8 Å². The Bertz CT molecular complexity index is 1610. The highest BCUT2D eigenvalue weighted by Crippen LogP contribution is 2.75. The quantitative estimate of drug-likeness (QED) is 0.385. The second-order valence-corrected chi connectivity index (χ2v) is 17.0. The van der Waals surface area contributed by atoms with Crippen LogP contribution in [0.15, 0.2) is 47.6 Å². The normalized spacial score (nSPS) is 43.4. The van der Waals surface area contributed by atoms with Gasteiger partial charge < -0.3 is 10.4 Å². The number of hydrogen-bond donors (Lipinski definition) is 2. The van der Waals surface area contributed by atoms with Crippen molar-refractivity contribution in [1.82, 2.24) is 5.32 Å². The number of benzene rings is 1. The molecule has 3 fully saturated rings. The topological polar surface area (TPSA) is 107 Å². The van der Waals surface area contributed by atoms with E-state index in [1.54, 1.807) is 6.08 Å². The highest BCUT2D eigenvalue weighted by Gasteiger charge is 2.75. The first-order valence-electron chi connectivity index (χ1n) is 16.8. The van der Waals surface area contributed by atoms with Gasteiger partial charge >= 0.3 is 0 Å². The van der Waals surface area contributed by atoms with Crippen LogP contribution in [-0.4, -0.2) is 28.2 Å². The van der Waals surface area contributed by atoms with Crippen LogP contribution < -0.4 is 5.32 Å². The third-order valence-electron chi connectivity index (χ3n) is 14.5. The number of nitrogens with one attached hydrogen (secondary N) is 1. The summed E-state index contributed by atoms with van der Waals surface area (Å²) < 4.78 is 0. The number of nitrogens with zero attached hydrogens (tertiary/aromatic N) is 1. The fourth-order valence-corrected chi connectivity index (χ4v) is 11.2. The summed E-state index contributed by atoms with van der Waals surface area (Å²) in [6, 6.07) is 10.2. The summed E-state index contributed by atoms with van der Waals surface area (Å²) in [7, 11) is 0. The maximum Gasteiger partial charge on any atom is 0.226 e. The molecule has 8 atom stereocenters. The van der Waals surface area contributed by atoms with Gasteiger partial charge in [-0.25, -0.2) is 0 Å². The van der Waals surface area contributed by atoms with Crippen molar-refractivity contribution in [3.63, 3.8) is 0 Å². The Hall–Kier alpha value is -3.04. The molecule has 1 aromatic carbocycles. The monoisotopic (exact) mass is 610 g/mol. The molecule has 1 amide bonds. The Kier molecular flexibility index (Phi) is 6.91. The van der Waals surface area contributed by atoms with E-state index in [0.717, 1.165) is 42.4 Å². The van der Waals surface area contributed by atoms with E-state index in [1.807, 2.05) is 58.0 Å². The maximum absolute atomic E-state index is 14.7. The summed E-state index contributed by atoms with van der Waals surface area (Å²) in [4.78, 5) is 41.9. The number of carbonyl (C=O) groups is 3. The number of hydrogen-bond acceptors (Lipinski definition) is 5. The third-order valence-corrected chi connectivity index (χ3v) is 14.5. The summed E-state index contributed by atoms with van der Waals surface area (Å²) in [5.74, 6) is -0.862.